The van der Waals surface area contributed by atoms with Crippen LogP contribution >= 0.6 is 23.2 Å². The first kappa shape index (κ1) is 15.8. The minimum Gasteiger partial charge on any atom is -0.495 e. The summed E-state index contributed by atoms with van der Waals surface area (Å²) in [6.45, 7) is 2.60. The number of anilines is 1. The van der Waals surface area contributed by atoms with Crippen LogP contribution in [-0.2, 0) is 6.54 Å². The van der Waals surface area contributed by atoms with Crippen LogP contribution in [0.25, 0.3) is 10.9 Å². The molecule has 1 aromatic heterocycles. The molecule has 0 unspecified atom stereocenters. The lowest BCUT2D eigenvalue weighted by molar-refractivity contribution is 0.415. The number of nitrogens with zero attached hydrogens (tertiary/aromatic N) is 2. The summed E-state index contributed by atoms with van der Waals surface area (Å²) >= 11 is 12.2. The Morgan fingerprint density at radius 2 is 1.91 bits per heavy atom. The summed E-state index contributed by atoms with van der Waals surface area (Å²) in [5.74, 6) is 1.36. The van der Waals surface area contributed by atoms with E-state index in [4.69, 9.17) is 27.9 Å². The molecule has 0 aliphatic carbocycles. The molecule has 0 atom stereocenters. The smallest absolute Gasteiger partial charge is 0.224 e. The maximum Gasteiger partial charge on any atom is 0.224 e. The van der Waals surface area contributed by atoms with Gasteiger partial charge in [0.25, 0.3) is 0 Å². The highest BCUT2D eigenvalue weighted by Gasteiger charge is 2.08. The lowest BCUT2D eigenvalue weighted by Gasteiger charge is -2.11. The minimum absolute atomic E-state index is 0.219. The Labute approximate surface area is 144 Å². The average molecular weight is 348 g/mol. The molecule has 0 fully saturated rings. The Hall–Kier alpha value is -2.04. The normalized spacial score (nSPS) is 10.8. The summed E-state index contributed by atoms with van der Waals surface area (Å²) in [5.41, 5.74) is 2.97. The van der Waals surface area contributed by atoms with E-state index in [9.17, 15) is 0 Å². The summed E-state index contributed by atoms with van der Waals surface area (Å²) in [6.07, 6.45) is 0. The maximum atomic E-state index is 6.15. The van der Waals surface area contributed by atoms with Gasteiger partial charge in [0.05, 0.1) is 17.6 Å². The number of ether oxygens (including phenoxy) is 1. The summed E-state index contributed by atoms with van der Waals surface area (Å²) < 4.78 is 5.16. The van der Waals surface area contributed by atoms with Gasteiger partial charge < -0.3 is 10.1 Å². The van der Waals surface area contributed by atoms with Gasteiger partial charge in [-0.2, -0.15) is 0 Å². The molecular formula is C17H15Cl2N3O. The number of aryl methyl sites for hydroxylation is 1. The number of halogens is 2. The van der Waals surface area contributed by atoms with Gasteiger partial charge >= 0.3 is 0 Å². The zero-order valence-corrected chi connectivity index (χ0v) is 14.2. The second kappa shape index (κ2) is 6.60. The van der Waals surface area contributed by atoms with Crippen LogP contribution in [0.4, 0.5) is 5.82 Å². The van der Waals surface area contributed by atoms with Crippen molar-refractivity contribution in [2.45, 2.75) is 13.5 Å². The summed E-state index contributed by atoms with van der Waals surface area (Å²) in [4.78, 5) is 8.55. The number of aromatic nitrogens is 2. The maximum absolute atomic E-state index is 6.15. The fraction of sp³-hybridized carbons (Fsp3) is 0.176. The van der Waals surface area contributed by atoms with Gasteiger partial charge in [0.1, 0.15) is 11.6 Å². The summed E-state index contributed by atoms with van der Waals surface area (Å²) in [6, 6.07) is 11.6. The average Bonchev–Trinajstić information content (AvgIpc) is 2.53. The van der Waals surface area contributed by atoms with Crippen molar-refractivity contribution in [3.8, 4) is 5.75 Å². The predicted molar refractivity (Wildman–Crippen MR) is 94.6 cm³/mol. The Bertz CT molecular complexity index is 868. The number of rotatable bonds is 4. The van der Waals surface area contributed by atoms with Gasteiger partial charge in [-0.05, 0) is 48.4 Å². The minimum atomic E-state index is 0.219. The number of hydrogen-bond acceptors (Lipinski definition) is 4. The van der Waals surface area contributed by atoms with Crippen LogP contribution in [0.15, 0.2) is 36.4 Å². The zero-order chi connectivity index (χ0) is 16.4. The van der Waals surface area contributed by atoms with Gasteiger partial charge in [0.15, 0.2) is 0 Å². The molecule has 6 heteroatoms. The van der Waals surface area contributed by atoms with Gasteiger partial charge in [0.2, 0.25) is 5.28 Å². The van der Waals surface area contributed by atoms with Gasteiger partial charge in [-0.1, -0.05) is 29.3 Å². The molecule has 3 aromatic rings. The van der Waals surface area contributed by atoms with Crippen molar-refractivity contribution < 1.29 is 4.74 Å². The Morgan fingerprint density at radius 1 is 1.09 bits per heavy atom. The molecule has 1 heterocycles. The highest BCUT2D eigenvalue weighted by molar-refractivity contribution is 6.32. The van der Waals surface area contributed by atoms with E-state index >= 15 is 0 Å². The molecule has 118 valence electrons. The van der Waals surface area contributed by atoms with E-state index < -0.39 is 0 Å². The Balaban J connectivity index is 1.89. The second-order valence-electron chi connectivity index (χ2n) is 5.18. The van der Waals surface area contributed by atoms with Gasteiger partial charge in [-0.15, -0.1) is 0 Å². The molecule has 3 rings (SSSR count). The van der Waals surface area contributed by atoms with Gasteiger partial charge in [-0.25, -0.2) is 9.97 Å². The molecule has 0 aliphatic heterocycles. The van der Waals surface area contributed by atoms with E-state index in [0.717, 1.165) is 22.0 Å². The van der Waals surface area contributed by atoms with E-state index in [0.29, 0.717) is 23.1 Å². The third-order valence-corrected chi connectivity index (χ3v) is 3.96. The van der Waals surface area contributed by atoms with E-state index in [2.05, 4.69) is 15.3 Å². The molecule has 23 heavy (non-hydrogen) atoms. The van der Waals surface area contributed by atoms with Crippen molar-refractivity contribution in [2.75, 3.05) is 12.4 Å². The first-order chi connectivity index (χ1) is 11.1. The topological polar surface area (TPSA) is 47.0 Å². The zero-order valence-electron chi connectivity index (χ0n) is 12.7. The Kier molecular flexibility index (Phi) is 4.55. The first-order valence-corrected chi connectivity index (χ1v) is 7.82. The number of hydrogen-bond donors (Lipinski definition) is 1. The van der Waals surface area contributed by atoms with Crippen molar-refractivity contribution in [1.29, 1.82) is 0 Å². The summed E-state index contributed by atoms with van der Waals surface area (Å²) in [7, 11) is 1.59. The molecular weight excluding hydrogens is 333 g/mol. The van der Waals surface area contributed by atoms with Crippen LogP contribution in [0.2, 0.25) is 10.3 Å². The molecule has 2 aromatic carbocycles. The van der Waals surface area contributed by atoms with Crippen molar-refractivity contribution in [3.05, 3.63) is 57.8 Å². The lowest BCUT2D eigenvalue weighted by Crippen LogP contribution is -2.03. The van der Waals surface area contributed by atoms with E-state index in [1.807, 2.05) is 43.3 Å². The molecule has 0 saturated carbocycles. The molecule has 4 nitrogen and oxygen atoms in total. The van der Waals surface area contributed by atoms with E-state index in [1.54, 1.807) is 7.11 Å². The fourth-order valence-electron chi connectivity index (χ4n) is 2.35. The summed E-state index contributed by atoms with van der Waals surface area (Å²) in [5, 5.41) is 5.04. The fourth-order valence-corrected chi connectivity index (χ4v) is 2.81. The van der Waals surface area contributed by atoms with Gasteiger partial charge in [-0.3, -0.25) is 0 Å². The van der Waals surface area contributed by atoms with Crippen LogP contribution in [0.5, 0.6) is 5.75 Å². The molecule has 0 bridgehead atoms. The Morgan fingerprint density at radius 3 is 2.65 bits per heavy atom. The number of benzene rings is 2. The quantitative estimate of drug-likeness (QED) is 0.684. The molecule has 0 saturated heterocycles. The van der Waals surface area contributed by atoms with Crippen LogP contribution in [0.3, 0.4) is 0 Å². The predicted octanol–water partition coefficient (Wildman–Crippen LogP) is 4.87. The van der Waals surface area contributed by atoms with Crippen LogP contribution in [0, 0.1) is 6.92 Å². The van der Waals surface area contributed by atoms with Crippen molar-refractivity contribution in [2.24, 2.45) is 0 Å². The monoisotopic (exact) mass is 347 g/mol. The standard InChI is InChI=1S/C17H15Cl2N3O/c1-10-3-5-14-12(7-10)16(22-17(19)21-14)20-9-11-4-6-15(23-2)13(18)8-11/h3-8H,9H2,1-2H3,(H,20,21,22). The van der Waals surface area contributed by atoms with E-state index in [-0.39, 0.29) is 5.28 Å². The lowest BCUT2D eigenvalue weighted by atomic mass is 10.1. The number of fused-ring (bicyclic) bond motifs is 1. The highest BCUT2D eigenvalue weighted by atomic mass is 35.5. The van der Waals surface area contributed by atoms with Crippen molar-refractivity contribution >= 4 is 39.9 Å². The van der Waals surface area contributed by atoms with Gasteiger partial charge in [0, 0.05) is 11.9 Å². The molecule has 0 radical (unpaired) electrons. The number of nitrogens with one attached hydrogen (secondary N) is 1. The SMILES string of the molecule is COc1ccc(CNc2nc(Cl)nc3ccc(C)cc23)cc1Cl. The van der Waals surface area contributed by atoms with Crippen LogP contribution < -0.4 is 10.1 Å². The first-order valence-electron chi connectivity index (χ1n) is 7.07. The van der Waals surface area contributed by atoms with E-state index in [1.165, 1.54) is 0 Å². The molecule has 0 aliphatic rings. The second-order valence-corrected chi connectivity index (χ2v) is 5.93. The van der Waals surface area contributed by atoms with Crippen LogP contribution in [0.1, 0.15) is 11.1 Å². The molecule has 1 N–H and O–H groups in total. The largest absolute Gasteiger partial charge is 0.495 e. The highest BCUT2D eigenvalue weighted by Crippen LogP contribution is 2.27. The van der Waals surface area contributed by atoms with Crippen molar-refractivity contribution in [3.63, 3.8) is 0 Å². The molecule has 0 amide bonds. The van der Waals surface area contributed by atoms with Crippen LogP contribution in [-0.4, -0.2) is 17.1 Å². The number of methoxy groups -OCH3 is 1. The third kappa shape index (κ3) is 3.49. The van der Waals surface area contributed by atoms with Crippen molar-refractivity contribution in [1.82, 2.24) is 9.97 Å². The third-order valence-electron chi connectivity index (χ3n) is 3.50. The molecule has 0 spiro atoms.